The lowest BCUT2D eigenvalue weighted by Crippen LogP contribution is -2.41. The van der Waals surface area contributed by atoms with Gasteiger partial charge in [-0.15, -0.1) is 0 Å². The summed E-state index contributed by atoms with van der Waals surface area (Å²) in [7, 11) is 0. The van der Waals surface area contributed by atoms with E-state index in [-0.39, 0.29) is 69.0 Å². The number of hydrogen-bond donors (Lipinski definition) is 8. The average Bonchev–Trinajstić information content (AvgIpc) is 3.12. The van der Waals surface area contributed by atoms with E-state index in [1.165, 1.54) is 13.8 Å². The smallest absolute Gasteiger partial charge is 0.326 e. The third-order valence-corrected chi connectivity index (χ3v) is 9.87. The number of aliphatic carboxylic acids is 4. The zero-order valence-corrected chi connectivity index (χ0v) is 33.8. The lowest BCUT2D eigenvalue weighted by atomic mass is 9.87. The van der Waals surface area contributed by atoms with Crippen molar-refractivity contribution >= 4 is 64.7 Å². The molecule has 0 aliphatic heterocycles. The SMILES string of the molecule is CC[C@H](CCCCNC(=O)CC[C@H](CC(=O)CC[C@H](NC(=O)CC[C@H](CC(=O)CC[C@H](NC(C)=O)C(=O)O)C(=O)O)C(=O)O)C(=O)O)C(=O)CC[C@H](C(C)=O)[C@@H](C)O. The Morgan fingerprint density at radius 1 is 0.534 bits per heavy atom. The van der Waals surface area contributed by atoms with Gasteiger partial charge in [-0.2, -0.15) is 0 Å². The Hall–Kier alpha value is -5.07. The lowest BCUT2D eigenvalue weighted by Gasteiger charge is -2.18. The summed E-state index contributed by atoms with van der Waals surface area (Å²) in [4.78, 5) is 132. The zero-order valence-electron chi connectivity index (χ0n) is 33.8. The number of hydrogen-bond acceptors (Lipinski definition) is 12. The Morgan fingerprint density at radius 2 is 1.02 bits per heavy atom. The highest BCUT2D eigenvalue weighted by molar-refractivity contribution is 5.88. The molecule has 0 rings (SSSR count). The van der Waals surface area contributed by atoms with Crippen molar-refractivity contribution in [3.05, 3.63) is 0 Å². The summed E-state index contributed by atoms with van der Waals surface area (Å²) in [5, 5.41) is 54.6. The van der Waals surface area contributed by atoms with Gasteiger partial charge in [-0.3, -0.25) is 43.2 Å². The highest BCUT2D eigenvalue weighted by Crippen LogP contribution is 2.21. The highest BCUT2D eigenvalue weighted by Gasteiger charge is 2.28. The molecule has 0 aromatic heterocycles. The van der Waals surface area contributed by atoms with Crippen LogP contribution in [0.2, 0.25) is 0 Å². The van der Waals surface area contributed by atoms with E-state index in [1.807, 2.05) is 6.92 Å². The van der Waals surface area contributed by atoms with Crippen molar-refractivity contribution in [1.29, 1.82) is 0 Å². The van der Waals surface area contributed by atoms with Crippen LogP contribution in [-0.4, -0.2) is 115 Å². The molecular weight excluding hydrogens is 766 g/mol. The van der Waals surface area contributed by atoms with Gasteiger partial charge in [-0.25, -0.2) is 9.59 Å². The molecule has 0 aromatic rings. The molecule has 0 fully saturated rings. The van der Waals surface area contributed by atoms with Crippen LogP contribution in [0.15, 0.2) is 0 Å². The minimum Gasteiger partial charge on any atom is -0.481 e. The number of amides is 3. The van der Waals surface area contributed by atoms with E-state index < -0.39 is 121 Å². The van der Waals surface area contributed by atoms with E-state index >= 15 is 0 Å². The van der Waals surface area contributed by atoms with Gasteiger partial charge in [0.2, 0.25) is 17.7 Å². The molecule has 19 nitrogen and oxygen atoms in total. The molecule has 0 saturated heterocycles. The molecule has 58 heavy (non-hydrogen) atoms. The minimum absolute atomic E-state index is 0.0130. The van der Waals surface area contributed by atoms with Gasteiger partial charge in [0.25, 0.3) is 0 Å². The third kappa shape index (κ3) is 23.2. The first-order valence-electron chi connectivity index (χ1n) is 19.6. The van der Waals surface area contributed by atoms with E-state index in [0.717, 1.165) is 6.92 Å². The fourth-order valence-electron chi connectivity index (χ4n) is 6.34. The van der Waals surface area contributed by atoms with Crippen LogP contribution in [0.1, 0.15) is 130 Å². The molecule has 0 aromatic carbocycles. The van der Waals surface area contributed by atoms with E-state index in [2.05, 4.69) is 16.0 Å². The standard InChI is InChI=1S/C39H61N3O16/c1-5-25(33(48)16-13-30(22(2)43)23(3)44)8-6-7-19-40-34(49)17-9-26(36(51)52)20-29(47)12-15-32(39(57)58)42-35(50)18-10-27(37(53)54)21-28(46)11-14-31(38(55)56)41-24(4)45/h22,25-27,30-32,43H,5-21H2,1-4H3,(H,40,49)(H,41,45)(H,42,50)(H,51,52)(H,53,54)(H,55,56)(H,57,58)/t22-,25-,26-,27-,30+,31+,32+/m1/s1. The van der Waals surface area contributed by atoms with Crippen LogP contribution in [0, 0.1) is 23.7 Å². The van der Waals surface area contributed by atoms with Crippen LogP contribution in [-0.2, 0) is 52.7 Å². The van der Waals surface area contributed by atoms with Gasteiger partial charge in [0.05, 0.1) is 17.9 Å². The second kappa shape index (κ2) is 28.3. The van der Waals surface area contributed by atoms with Gasteiger partial charge < -0.3 is 41.5 Å². The first-order chi connectivity index (χ1) is 27.1. The molecule has 19 heteroatoms. The highest BCUT2D eigenvalue weighted by atomic mass is 16.4. The molecule has 3 amide bonds. The van der Waals surface area contributed by atoms with Crippen molar-refractivity contribution < 1.29 is 78.3 Å². The minimum atomic E-state index is -1.57. The second-order valence-electron chi connectivity index (χ2n) is 14.7. The van der Waals surface area contributed by atoms with Gasteiger partial charge in [0.1, 0.15) is 35.2 Å². The maximum Gasteiger partial charge on any atom is 0.326 e. The number of carboxylic acid groups (broad SMARTS) is 4. The molecule has 0 spiro atoms. The van der Waals surface area contributed by atoms with E-state index in [4.69, 9.17) is 5.11 Å². The number of nitrogens with one attached hydrogen (secondary N) is 3. The Kier molecular flexibility index (Phi) is 25.9. The number of aliphatic hydroxyl groups is 1. The van der Waals surface area contributed by atoms with Gasteiger partial charge in [-0.05, 0) is 65.2 Å². The molecule has 8 N–H and O–H groups in total. The number of aliphatic hydroxyl groups excluding tert-OH is 1. The molecule has 0 aliphatic rings. The van der Waals surface area contributed by atoms with E-state index in [1.54, 1.807) is 0 Å². The topological polar surface area (TPSA) is 325 Å². The zero-order chi connectivity index (χ0) is 44.5. The predicted octanol–water partition coefficient (Wildman–Crippen LogP) is 1.83. The number of rotatable bonds is 34. The van der Waals surface area contributed by atoms with E-state index in [9.17, 15) is 73.2 Å². The van der Waals surface area contributed by atoms with Crippen LogP contribution >= 0.6 is 0 Å². The largest absolute Gasteiger partial charge is 0.481 e. The summed E-state index contributed by atoms with van der Waals surface area (Å²) in [6, 6.07) is -2.93. The average molecular weight is 828 g/mol. The number of Topliss-reactive ketones (excluding diaryl/α,β-unsaturated/α-hetero) is 4. The van der Waals surface area contributed by atoms with Crippen molar-refractivity contribution in [2.24, 2.45) is 23.7 Å². The number of carbonyl (C=O) groups excluding carboxylic acids is 7. The number of carboxylic acids is 4. The van der Waals surface area contributed by atoms with Crippen LogP contribution in [0.25, 0.3) is 0 Å². The predicted molar refractivity (Wildman–Crippen MR) is 204 cm³/mol. The summed E-state index contributed by atoms with van der Waals surface area (Å²) < 4.78 is 0. The first kappa shape index (κ1) is 52.9. The van der Waals surface area contributed by atoms with Crippen LogP contribution < -0.4 is 16.0 Å². The molecule has 0 unspecified atom stereocenters. The Labute approximate surface area is 337 Å². The summed E-state index contributed by atoms with van der Waals surface area (Å²) >= 11 is 0. The second-order valence-corrected chi connectivity index (χ2v) is 14.7. The summed E-state index contributed by atoms with van der Waals surface area (Å²) in [5.41, 5.74) is 0. The molecule has 0 radical (unpaired) electrons. The van der Waals surface area contributed by atoms with Crippen LogP contribution in [0.5, 0.6) is 0 Å². The normalized spacial score (nSPS) is 14.6. The van der Waals surface area contributed by atoms with Crippen molar-refractivity contribution in [3.8, 4) is 0 Å². The van der Waals surface area contributed by atoms with E-state index in [0.29, 0.717) is 25.7 Å². The number of ketones is 4. The molecular formula is C39H61N3O16. The first-order valence-corrected chi connectivity index (χ1v) is 19.6. The summed E-state index contributed by atoms with van der Waals surface area (Å²) in [6.45, 7) is 6.16. The molecule has 0 aliphatic carbocycles. The van der Waals surface area contributed by atoms with Crippen molar-refractivity contribution in [1.82, 2.24) is 16.0 Å². The third-order valence-electron chi connectivity index (χ3n) is 9.87. The summed E-state index contributed by atoms with van der Waals surface area (Å²) in [6.07, 6.45) is -1.73. The maximum atomic E-state index is 12.7. The number of unbranched alkanes of at least 4 members (excludes halogenated alkanes) is 1. The molecule has 0 heterocycles. The van der Waals surface area contributed by atoms with Gasteiger partial charge in [0.15, 0.2) is 0 Å². The fraction of sp³-hybridized carbons (Fsp3) is 0.718. The van der Waals surface area contributed by atoms with Crippen molar-refractivity contribution in [3.63, 3.8) is 0 Å². The van der Waals surface area contributed by atoms with Gasteiger partial charge in [0, 0.05) is 70.3 Å². The van der Waals surface area contributed by atoms with Crippen molar-refractivity contribution in [2.45, 2.75) is 149 Å². The van der Waals surface area contributed by atoms with Crippen LogP contribution in [0.3, 0.4) is 0 Å². The van der Waals surface area contributed by atoms with Crippen molar-refractivity contribution in [2.75, 3.05) is 6.54 Å². The Bertz CT molecular complexity index is 1460. The van der Waals surface area contributed by atoms with Crippen LogP contribution in [0.4, 0.5) is 0 Å². The fourth-order valence-corrected chi connectivity index (χ4v) is 6.34. The molecule has 7 atom stereocenters. The lowest BCUT2D eigenvalue weighted by molar-refractivity contribution is -0.145. The Morgan fingerprint density at radius 3 is 1.43 bits per heavy atom. The summed E-state index contributed by atoms with van der Waals surface area (Å²) in [5.74, 6) is -12.4. The monoisotopic (exact) mass is 827 g/mol. The molecule has 0 bridgehead atoms. The number of carbonyl (C=O) groups is 11. The van der Waals surface area contributed by atoms with Gasteiger partial charge in [-0.1, -0.05) is 13.3 Å². The molecule has 328 valence electrons. The quantitative estimate of drug-likeness (QED) is 0.0429. The molecule has 0 saturated carbocycles. The maximum absolute atomic E-state index is 12.7. The Balaban J connectivity index is 4.79. The van der Waals surface area contributed by atoms with Gasteiger partial charge >= 0.3 is 23.9 Å².